The molecule has 0 bridgehead atoms. The molecule has 4 nitrogen and oxygen atoms in total. The molecule has 7 heteroatoms. The summed E-state index contributed by atoms with van der Waals surface area (Å²) in [4.78, 5) is 8.07. The molecular formula is C11H8ClFN4S. The Morgan fingerprint density at radius 2 is 2.06 bits per heavy atom. The minimum Gasteiger partial charge on any atom is -0.388 e. The quantitative estimate of drug-likeness (QED) is 0.848. The van der Waals surface area contributed by atoms with Crippen molar-refractivity contribution in [3.05, 3.63) is 47.1 Å². The summed E-state index contributed by atoms with van der Waals surface area (Å²) in [7, 11) is 0. The maximum absolute atomic E-state index is 13.6. The Labute approximate surface area is 113 Å². The first-order valence-electron chi connectivity index (χ1n) is 4.91. The third kappa shape index (κ3) is 2.72. The molecule has 2 aromatic rings. The number of aromatic nitrogens is 2. The van der Waals surface area contributed by atoms with E-state index in [4.69, 9.17) is 29.6 Å². The number of halogens is 2. The molecule has 18 heavy (non-hydrogen) atoms. The smallest absolute Gasteiger partial charge is 0.159 e. The van der Waals surface area contributed by atoms with Gasteiger partial charge in [0.2, 0.25) is 0 Å². The summed E-state index contributed by atoms with van der Waals surface area (Å²) in [5.41, 5.74) is 5.98. The van der Waals surface area contributed by atoms with Crippen LogP contribution in [0.5, 0.6) is 0 Å². The lowest BCUT2D eigenvalue weighted by atomic mass is 10.3. The molecule has 0 saturated heterocycles. The average Bonchev–Trinajstić information content (AvgIpc) is 2.34. The fourth-order valence-corrected chi connectivity index (χ4v) is 1.65. The summed E-state index contributed by atoms with van der Waals surface area (Å²) in [5, 5.41) is 3.16. The van der Waals surface area contributed by atoms with E-state index in [1.54, 1.807) is 0 Å². The van der Waals surface area contributed by atoms with Crippen LogP contribution in [-0.2, 0) is 0 Å². The predicted octanol–water partition coefficient (Wildman–Crippen LogP) is 2.65. The highest BCUT2D eigenvalue weighted by atomic mass is 35.5. The molecule has 0 atom stereocenters. The van der Waals surface area contributed by atoms with E-state index in [9.17, 15) is 4.39 Å². The van der Waals surface area contributed by atoms with Gasteiger partial charge in [0.05, 0.1) is 5.69 Å². The summed E-state index contributed by atoms with van der Waals surface area (Å²) in [5.74, 6) is -0.176. The SMILES string of the molecule is NC(=S)c1nccnc1Nc1cc(Cl)ccc1F. The third-order valence-electron chi connectivity index (χ3n) is 2.11. The van der Waals surface area contributed by atoms with Gasteiger partial charge in [-0.1, -0.05) is 23.8 Å². The second-order valence-electron chi connectivity index (χ2n) is 3.37. The Kier molecular flexibility index (Phi) is 3.69. The Morgan fingerprint density at radius 1 is 1.33 bits per heavy atom. The van der Waals surface area contributed by atoms with Gasteiger partial charge in [-0.3, -0.25) is 0 Å². The predicted molar refractivity (Wildman–Crippen MR) is 72.6 cm³/mol. The fraction of sp³-hybridized carbons (Fsp3) is 0. The third-order valence-corrected chi connectivity index (χ3v) is 2.54. The Bertz CT molecular complexity index is 605. The van der Waals surface area contributed by atoms with Crippen molar-refractivity contribution in [3.8, 4) is 0 Å². The van der Waals surface area contributed by atoms with Gasteiger partial charge in [0, 0.05) is 17.4 Å². The molecule has 92 valence electrons. The molecule has 0 amide bonds. The van der Waals surface area contributed by atoms with E-state index in [1.165, 1.54) is 30.6 Å². The van der Waals surface area contributed by atoms with Gasteiger partial charge in [-0.15, -0.1) is 0 Å². The van der Waals surface area contributed by atoms with Crippen molar-refractivity contribution < 1.29 is 4.39 Å². The van der Waals surface area contributed by atoms with Crippen LogP contribution < -0.4 is 11.1 Å². The molecule has 0 unspecified atom stereocenters. The molecule has 0 spiro atoms. The van der Waals surface area contributed by atoms with Crippen molar-refractivity contribution in [2.24, 2.45) is 5.73 Å². The summed E-state index contributed by atoms with van der Waals surface area (Å²) in [6.07, 6.45) is 2.90. The zero-order valence-corrected chi connectivity index (χ0v) is 10.6. The topological polar surface area (TPSA) is 63.8 Å². The minimum atomic E-state index is -0.459. The molecule has 1 aromatic carbocycles. The molecule has 1 heterocycles. The first kappa shape index (κ1) is 12.7. The number of thiocarbonyl (C=S) groups is 1. The second kappa shape index (κ2) is 5.24. The molecule has 3 N–H and O–H groups in total. The Hall–Kier alpha value is -1.79. The number of rotatable bonds is 3. The normalized spacial score (nSPS) is 10.1. The van der Waals surface area contributed by atoms with Gasteiger partial charge in [0.25, 0.3) is 0 Å². The monoisotopic (exact) mass is 282 g/mol. The highest BCUT2D eigenvalue weighted by Gasteiger charge is 2.10. The summed E-state index contributed by atoms with van der Waals surface area (Å²) >= 11 is 10.6. The van der Waals surface area contributed by atoms with Crippen LogP contribution in [0, 0.1) is 5.82 Å². The molecule has 0 saturated carbocycles. The summed E-state index contributed by atoms with van der Waals surface area (Å²) in [6.45, 7) is 0. The number of anilines is 2. The first-order valence-corrected chi connectivity index (χ1v) is 5.69. The number of nitrogens with one attached hydrogen (secondary N) is 1. The van der Waals surface area contributed by atoms with Crippen LogP contribution in [0.3, 0.4) is 0 Å². The van der Waals surface area contributed by atoms with E-state index >= 15 is 0 Å². The maximum atomic E-state index is 13.6. The van der Waals surface area contributed by atoms with Gasteiger partial charge in [-0.2, -0.15) is 0 Å². The highest BCUT2D eigenvalue weighted by molar-refractivity contribution is 7.80. The van der Waals surface area contributed by atoms with Gasteiger partial charge >= 0.3 is 0 Å². The van der Waals surface area contributed by atoms with E-state index in [1.807, 2.05) is 0 Å². The van der Waals surface area contributed by atoms with Gasteiger partial charge in [0.15, 0.2) is 5.82 Å². The lowest BCUT2D eigenvalue weighted by Crippen LogP contribution is -2.15. The van der Waals surface area contributed by atoms with E-state index < -0.39 is 5.82 Å². The van der Waals surface area contributed by atoms with Crippen LogP contribution >= 0.6 is 23.8 Å². The van der Waals surface area contributed by atoms with Crippen molar-refractivity contribution in [1.29, 1.82) is 0 Å². The number of nitrogens with zero attached hydrogens (tertiary/aromatic N) is 2. The molecule has 0 aliphatic heterocycles. The van der Waals surface area contributed by atoms with E-state index in [2.05, 4.69) is 15.3 Å². The lowest BCUT2D eigenvalue weighted by molar-refractivity contribution is 0.632. The maximum Gasteiger partial charge on any atom is 0.159 e. The van der Waals surface area contributed by atoms with Gasteiger partial charge < -0.3 is 11.1 Å². The van der Waals surface area contributed by atoms with E-state index in [-0.39, 0.29) is 16.5 Å². The zero-order chi connectivity index (χ0) is 13.1. The highest BCUT2D eigenvalue weighted by Crippen LogP contribution is 2.23. The number of benzene rings is 1. The number of hydrogen-bond donors (Lipinski definition) is 2. The number of nitrogens with two attached hydrogens (primary N) is 1. The van der Waals surface area contributed by atoms with Crippen molar-refractivity contribution in [2.45, 2.75) is 0 Å². The first-order chi connectivity index (χ1) is 8.58. The Morgan fingerprint density at radius 3 is 2.78 bits per heavy atom. The second-order valence-corrected chi connectivity index (χ2v) is 4.24. The Balaban J connectivity index is 2.40. The lowest BCUT2D eigenvalue weighted by Gasteiger charge is -2.09. The average molecular weight is 283 g/mol. The van der Waals surface area contributed by atoms with E-state index in [0.29, 0.717) is 10.7 Å². The van der Waals surface area contributed by atoms with Crippen LogP contribution in [0.4, 0.5) is 15.9 Å². The van der Waals surface area contributed by atoms with Crippen LogP contribution in [-0.4, -0.2) is 15.0 Å². The fourth-order valence-electron chi connectivity index (χ4n) is 1.33. The standard InChI is InChI=1S/C11H8ClFN4S/c12-6-1-2-7(13)8(5-6)17-11-9(10(14)18)15-3-4-16-11/h1-5H,(H2,14,18)(H,16,17). The minimum absolute atomic E-state index is 0.0769. The van der Waals surface area contributed by atoms with Crippen molar-refractivity contribution in [1.82, 2.24) is 9.97 Å². The molecule has 0 aliphatic carbocycles. The molecular weight excluding hydrogens is 275 g/mol. The molecule has 0 fully saturated rings. The van der Waals surface area contributed by atoms with Gasteiger partial charge in [-0.05, 0) is 18.2 Å². The van der Waals surface area contributed by atoms with Crippen LogP contribution in [0.2, 0.25) is 5.02 Å². The van der Waals surface area contributed by atoms with Crippen LogP contribution in [0.1, 0.15) is 5.69 Å². The molecule has 1 aromatic heterocycles. The molecule has 2 rings (SSSR count). The van der Waals surface area contributed by atoms with Crippen LogP contribution in [0.15, 0.2) is 30.6 Å². The number of hydrogen-bond acceptors (Lipinski definition) is 4. The van der Waals surface area contributed by atoms with Crippen molar-refractivity contribution in [3.63, 3.8) is 0 Å². The summed E-state index contributed by atoms with van der Waals surface area (Å²) in [6, 6.07) is 4.14. The van der Waals surface area contributed by atoms with Crippen molar-refractivity contribution >= 4 is 40.3 Å². The van der Waals surface area contributed by atoms with Crippen LogP contribution in [0.25, 0.3) is 0 Å². The van der Waals surface area contributed by atoms with Gasteiger partial charge in [0.1, 0.15) is 16.5 Å². The van der Waals surface area contributed by atoms with E-state index in [0.717, 1.165) is 0 Å². The molecule has 0 aliphatic rings. The molecule has 0 radical (unpaired) electrons. The largest absolute Gasteiger partial charge is 0.388 e. The summed E-state index contributed by atoms with van der Waals surface area (Å²) < 4.78 is 13.6. The zero-order valence-electron chi connectivity index (χ0n) is 9.02. The van der Waals surface area contributed by atoms with Crippen molar-refractivity contribution in [2.75, 3.05) is 5.32 Å². The van der Waals surface area contributed by atoms with Gasteiger partial charge in [-0.25, -0.2) is 14.4 Å².